The third kappa shape index (κ3) is 5.46. The Balaban J connectivity index is 1.27. The molecular weight excluding hydrogens is 469 g/mol. The van der Waals surface area contributed by atoms with Crippen LogP contribution in [0, 0.1) is 5.82 Å². The van der Waals surface area contributed by atoms with Crippen LogP contribution in [0.3, 0.4) is 0 Å². The zero-order chi connectivity index (χ0) is 25.8. The lowest BCUT2D eigenvalue weighted by molar-refractivity contribution is 0.101. The molecule has 2 N–H and O–H groups in total. The molecule has 0 spiro atoms. The second-order valence-corrected chi connectivity index (χ2v) is 8.82. The maximum absolute atomic E-state index is 13.5. The number of nitrogens with one attached hydrogen (secondary N) is 2. The number of hydrogen-bond donors (Lipinski definition) is 2. The van der Waals surface area contributed by atoms with Gasteiger partial charge in [-0.1, -0.05) is 30.3 Å². The van der Waals surface area contributed by atoms with Crippen molar-refractivity contribution in [1.29, 1.82) is 0 Å². The molecule has 186 valence electrons. The summed E-state index contributed by atoms with van der Waals surface area (Å²) < 4.78 is 18.9. The van der Waals surface area contributed by atoms with Gasteiger partial charge in [0.05, 0.1) is 12.8 Å². The van der Waals surface area contributed by atoms with Crippen LogP contribution in [0.5, 0.6) is 5.75 Å². The van der Waals surface area contributed by atoms with Crippen molar-refractivity contribution in [1.82, 2.24) is 0 Å². The fraction of sp³-hybridized carbons (Fsp3) is 0.133. The Labute approximate surface area is 214 Å². The number of fused-ring (bicyclic) bond motifs is 1. The molecule has 1 heterocycles. The topological polar surface area (TPSA) is 70.7 Å². The number of benzene rings is 4. The summed E-state index contributed by atoms with van der Waals surface area (Å²) in [6, 6.07) is 26.4. The molecule has 4 aromatic carbocycles. The third-order valence-electron chi connectivity index (χ3n) is 6.42. The second kappa shape index (κ2) is 10.5. The second-order valence-electron chi connectivity index (χ2n) is 8.82. The number of nitrogens with zero attached hydrogens (tertiary/aromatic N) is 1. The van der Waals surface area contributed by atoms with Crippen LogP contribution in [-0.4, -0.2) is 25.5 Å². The van der Waals surface area contributed by atoms with E-state index in [-0.39, 0.29) is 11.5 Å². The Bertz CT molecular complexity index is 1450. The van der Waals surface area contributed by atoms with Crippen LogP contribution < -0.4 is 20.3 Å². The molecule has 0 bridgehead atoms. The highest BCUT2D eigenvalue weighted by Gasteiger charge is 2.17. The van der Waals surface area contributed by atoms with Crippen molar-refractivity contribution in [3.05, 3.63) is 119 Å². The molecule has 0 aromatic heterocycles. The minimum Gasteiger partial charge on any atom is -0.495 e. The zero-order valence-corrected chi connectivity index (χ0v) is 20.3. The number of amides is 2. The molecule has 1 aliphatic heterocycles. The Morgan fingerprint density at radius 1 is 0.811 bits per heavy atom. The zero-order valence-electron chi connectivity index (χ0n) is 20.3. The molecule has 0 aliphatic carbocycles. The first-order valence-electron chi connectivity index (χ1n) is 12.0. The van der Waals surface area contributed by atoms with E-state index in [4.69, 9.17) is 4.74 Å². The molecule has 6 nitrogen and oxygen atoms in total. The molecule has 1 aliphatic rings. The van der Waals surface area contributed by atoms with Gasteiger partial charge in [-0.3, -0.25) is 9.59 Å². The first-order valence-corrected chi connectivity index (χ1v) is 12.0. The first-order chi connectivity index (χ1) is 18.0. The molecule has 37 heavy (non-hydrogen) atoms. The molecule has 2 amide bonds. The number of carbonyl (C=O) groups is 2. The molecule has 0 saturated carbocycles. The van der Waals surface area contributed by atoms with Crippen molar-refractivity contribution in [2.45, 2.75) is 13.0 Å². The summed E-state index contributed by atoms with van der Waals surface area (Å²) in [4.78, 5) is 27.8. The standard InChI is InChI=1S/C30H26FN3O3/c1-37-28-14-11-25(18-27(28)33-30(36)22-7-4-8-24(31)17-22)32-29(35)21-9-12-26(13-10-21)34-16-15-20-5-2-3-6-23(20)19-34/h2-14,17-18H,15-16,19H2,1H3,(H,32,35)(H,33,36). The van der Waals surface area contributed by atoms with Crippen molar-refractivity contribution in [2.24, 2.45) is 0 Å². The van der Waals surface area contributed by atoms with Gasteiger partial charge >= 0.3 is 0 Å². The van der Waals surface area contributed by atoms with E-state index in [2.05, 4.69) is 39.8 Å². The maximum atomic E-state index is 13.5. The van der Waals surface area contributed by atoms with E-state index in [9.17, 15) is 14.0 Å². The summed E-state index contributed by atoms with van der Waals surface area (Å²) in [6.07, 6.45) is 0.994. The molecule has 4 aromatic rings. The van der Waals surface area contributed by atoms with Crippen molar-refractivity contribution in [3.63, 3.8) is 0 Å². The number of halogens is 1. The third-order valence-corrected chi connectivity index (χ3v) is 6.42. The number of methoxy groups -OCH3 is 1. The average molecular weight is 496 g/mol. The number of anilines is 3. The van der Waals surface area contributed by atoms with Crippen molar-refractivity contribution < 1.29 is 18.7 Å². The van der Waals surface area contributed by atoms with E-state index >= 15 is 0 Å². The normalized spacial score (nSPS) is 12.4. The summed E-state index contributed by atoms with van der Waals surface area (Å²) in [6.45, 7) is 1.77. The molecule has 5 rings (SSSR count). The van der Waals surface area contributed by atoms with E-state index in [0.29, 0.717) is 22.7 Å². The van der Waals surface area contributed by atoms with E-state index in [1.54, 1.807) is 30.3 Å². The maximum Gasteiger partial charge on any atom is 0.255 e. The predicted octanol–water partition coefficient (Wildman–Crippen LogP) is 5.90. The molecule has 0 unspecified atom stereocenters. The Morgan fingerprint density at radius 3 is 2.32 bits per heavy atom. The van der Waals surface area contributed by atoms with Crippen LogP contribution in [-0.2, 0) is 13.0 Å². The average Bonchev–Trinajstić information content (AvgIpc) is 2.93. The summed E-state index contributed by atoms with van der Waals surface area (Å²) in [5.74, 6) is -0.854. The van der Waals surface area contributed by atoms with Gasteiger partial charge in [-0.25, -0.2) is 4.39 Å². The van der Waals surface area contributed by atoms with E-state index in [0.717, 1.165) is 31.3 Å². The molecule has 0 radical (unpaired) electrons. The van der Waals surface area contributed by atoms with E-state index in [1.165, 1.54) is 36.4 Å². The van der Waals surface area contributed by atoms with Crippen LogP contribution in [0.1, 0.15) is 31.8 Å². The SMILES string of the molecule is COc1ccc(NC(=O)c2ccc(N3CCc4ccccc4C3)cc2)cc1NC(=O)c1cccc(F)c1. The van der Waals surface area contributed by atoms with Gasteiger partial charge in [0.2, 0.25) is 0 Å². The highest BCUT2D eigenvalue weighted by Crippen LogP contribution is 2.29. The van der Waals surface area contributed by atoms with E-state index in [1.807, 2.05) is 12.1 Å². The van der Waals surface area contributed by atoms with Gasteiger partial charge in [0, 0.05) is 35.6 Å². The summed E-state index contributed by atoms with van der Waals surface area (Å²) >= 11 is 0. The lowest BCUT2D eigenvalue weighted by Crippen LogP contribution is -2.30. The van der Waals surface area contributed by atoms with Gasteiger partial charge in [-0.2, -0.15) is 0 Å². The van der Waals surface area contributed by atoms with Gasteiger partial charge in [0.25, 0.3) is 11.8 Å². The fourth-order valence-corrected chi connectivity index (χ4v) is 4.45. The number of ether oxygens (including phenoxy) is 1. The smallest absolute Gasteiger partial charge is 0.255 e. The van der Waals surface area contributed by atoms with Gasteiger partial charge in [0.1, 0.15) is 11.6 Å². The van der Waals surface area contributed by atoms with Gasteiger partial charge in [-0.15, -0.1) is 0 Å². The molecule has 0 saturated heterocycles. The number of hydrogen-bond acceptors (Lipinski definition) is 4. The molecular formula is C30H26FN3O3. The van der Waals surface area contributed by atoms with Crippen LogP contribution in [0.15, 0.2) is 91.0 Å². The number of carbonyl (C=O) groups excluding carboxylic acids is 2. The largest absolute Gasteiger partial charge is 0.495 e. The highest BCUT2D eigenvalue weighted by molar-refractivity contribution is 6.07. The fourth-order valence-electron chi connectivity index (χ4n) is 4.45. The lowest BCUT2D eigenvalue weighted by Gasteiger charge is -2.30. The van der Waals surface area contributed by atoms with Crippen LogP contribution >= 0.6 is 0 Å². The minimum atomic E-state index is -0.503. The van der Waals surface area contributed by atoms with Crippen LogP contribution in [0.25, 0.3) is 0 Å². The minimum absolute atomic E-state index is 0.175. The summed E-state index contributed by atoms with van der Waals surface area (Å²) in [5, 5.41) is 5.59. The first kappa shape index (κ1) is 24.1. The monoisotopic (exact) mass is 495 g/mol. The van der Waals surface area contributed by atoms with Crippen molar-refractivity contribution in [2.75, 3.05) is 29.2 Å². The summed E-state index contributed by atoms with van der Waals surface area (Å²) in [5.41, 5.74) is 5.32. The van der Waals surface area contributed by atoms with E-state index < -0.39 is 11.7 Å². The highest BCUT2D eigenvalue weighted by atomic mass is 19.1. The predicted molar refractivity (Wildman–Crippen MR) is 143 cm³/mol. The molecule has 7 heteroatoms. The number of rotatable bonds is 6. The Kier molecular flexibility index (Phi) is 6.85. The van der Waals surface area contributed by atoms with Gasteiger partial charge in [0.15, 0.2) is 0 Å². The lowest BCUT2D eigenvalue weighted by atomic mass is 9.99. The quantitative estimate of drug-likeness (QED) is 0.349. The van der Waals surface area contributed by atoms with Gasteiger partial charge < -0.3 is 20.3 Å². The van der Waals surface area contributed by atoms with Crippen molar-refractivity contribution in [3.8, 4) is 5.75 Å². The van der Waals surface area contributed by atoms with Crippen LogP contribution in [0.2, 0.25) is 0 Å². The molecule has 0 fully saturated rings. The Hall–Kier alpha value is -4.65. The Morgan fingerprint density at radius 2 is 1.57 bits per heavy atom. The van der Waals surface area contributed by atoms with Gasteiger partial charge in [-0.05, 0) is 78.2 Å². The molecule has 0 atom stereocenters. The summed E-state index contributed by atoms with van der Waals surface area (Å²) in [7, 11) is 1.48. The van der Waals surface area contributed by atoms with Crippen LogP contribution in [0.4, 0.5) is 21.5 Å². The van der Waals surface area contributed by atoms with Crippen molar-refractivity contribution >= 4 is 28.9 Å².